The van der Waals surface area contributed by atoms with Crippen LogP contribution in [0.2, 0.25) is 0 Å². The Bertz CT molecular complexity index is 553. The first kappa shape index (κ1) is 16.0. The highest BCUT2D eigenvalue weighted by molar-refractivity contribution is 5.84. The van der Waals surface area contributed by atoms with E-state index in [4.69, 9.17) is 9.47 Å². The molecular weight excluding hydrogens is 292 g/mol. The summed E-state index contributed by atoms with van der Waals surface area (Å²) in [6, 6.07) is 5.73. The van der Waals surface area contributed by atoms with Gasteiger partial charge in [-0.05, 0) is 50.7 Å². The molecule has 1 aliphatic carbocycles. The van der Waals surface area contributed by atoms with Crippen molar-refractivity contribution in [1.82, 2.24) is 5.32 Å². The number of carbonyl (C=O) groups excluding carboxylic acids is 1. The minimum absolute atomic E-state index is 0.0550. The maximum atomic E-state index is 12.4. The van der Waals surface area contributed by atoms with E-state index in [1.54, 1.807) is 0 Å². The van der Waals surface area contributed by atoms with E-state index >= 15 is 0 Å². The number of nitrogens with one attached hydrogen (secondary N) is 2. The second-order valence-corrected chi connectivity index (χ2v) is 6.69. The summed E-state index contributed by atoms with van der Waals surface area (Å²) in [7, 11) is 0. The van der Waals surface area contributed by atoms with Crippen LogP contribution in [-0.4, -0.2) is 31.2 Å². The quantitative estimate of drug-likeness (QED) is 0.896. The molecule has 1 amide bonds. The molecule has 5 heteroatoms. The maximum Gasteiger partial charge on any atom is 0.242 e. The highest BCUT2D eigenvalue weighted by Crippen LogP contribution is 2.32. The third-order valence-corrected chi connectivity index (χ3v) is 4.68. The molecule has 23 heavy (non-hydrogen) atoms. The molecule has 0 bridgehead atoms. The highest BCUT2D eigenvalue weighted by atomic mass is 16.6. The van der Waals surface area contributed by atoms with Gasteiger partial charge >= 0.3 is 0 Å². The fourth-order valence-electron chi connectivity index (χ4n) is 3.18. The number of hydrogen-bond donors (Lipinski definition) is 2. The molecule has 0 aromatic heterocycles. The molecule has 5 nitrogen and oxygen atoms in total. The molecular formula is C18H26N2O3. The summed E-state index contributed by atoms with van der Waals surface area (Å²) in [4.78, 5) is 12.4. The third-order valence-electron chi connectivity index (χ3n) is 4.68. The number of rotatable bonds is 4. The van der Waals surface area contributed by atoms with E-state index < -0.39 is 0 Å². The van der Waals surface area contributed by atoms with Crippen molar-refractivity contribution < 1.29 is 14.3 Å². The lowest BCUT2D eigenvalue weighted by Crippen LogP contribution is -2.44. The van der Waals surface area contributed by atoms with Gasteiger partial charge in [-0.2, -0.15) is 0 Å². The number of benzene rings is 1. The first-order valence-corrected chi connectivity index (χ1v) is 8.58. The lowest BCUT2D eigenvalue weighted by Gasteiger charge is -2.28. The number of anilines is 1. The normalized spacial score (nSPS) is 24.6. The Kier molecular flexibility index (Phi) is 4.94. The van der Waals surface area contributed by atoms with Gasteiger partial charge in [0.25, 0.3) is 0 Å². The lowest BCUT2D eigenvalue weighted by atomic mass is 9.87. The van der Waals surface area contributed by atoms with Gasteiger partial charge in [0.15, 0.2) is 11.5 Å². The topological polar surface area (TPSA) is 59.6 Å². The Hall–Kier alpha value is -1.91. The van der Waals surface area contributed by atoms with Crippen molar-refractivity contribution in [2.75, 3.05) is 18.5 Å². The summed E-state index contributed by atoms with van der Waals surface area (Å²) >= 11 is 0. The van der Waals surface area contributed by atoms with Gasteiger partial charge in [-0.15, -0.1) is 0 Å². The predicted molar refractivity (Wildman–Crippen MR) is 90.1 cm³/mol. The zero-order valence-electron chi connectivity index (χ0n) is 13.9. The van der Waals surface area contributed by atoms with Crippen LogP contribution in [-0.2, 0) is 4.79 Å². The molecule has 1 aromatic rings. The van der Waals surface area contributed by atoms with Crippen molar-refractivity contribution in [3.63, 3.8) is 0 Å². The van der Waals surface area contributed by atoms with Crippen molar-refractivity contribution in [1.29, 1.82) is 0 Å². The van der Waals surface area contributed by atoms with Gasteiger partial charge in [0.1, 0.15) is 19.3 Å². The van der Waals surface area contributed by atoms with Crippen LogP contribution in [0.1, 0.15) is 39.5 Å². The van der Waals surface area contributed by atoms with Crippen LogP contribution in [0, 0.1) is 5.92 Å². The van der Waals surface area contributed by atoms with E-state index in [1.165, 1.54) is 12.8 Å². The minimum Gasteiger partial charge on any atom is -0.486 e. The van der Waals surface area contributed by atoms with Gasteiger partial charge in [-0.1, -0.05) is 6.92 Å². The number of amides is 1. The molecule has 2 aliphatic rings. The first-order chi connectivity index (χ1) is 11.1. The van der Waals surface area contributed by atoms with Crippen LogP contribution in [0.3, 0.4) is 0 Å². The predicted octanol–water partition coefficient (Wildman–Crippen LogP) is 2.95. The van der Waals surface area contributed by atoms with Gasteiger partial charge in [-0.3, -0.25) is 4.79 Å². The van der Waals surface area contributed by atoms with Crippen LogP contribution >= 0.6 is 0 Å². The van der Waals surface area contributed by atoms with Gasteiger partial charge in [0, 0.05) is 17.8 Å². The standard InChI is InChI=1S/C18H26N2O3/c1-12-3-5-14(6-4-12)20-18(21)13(2)19-15-7-8-16-17(11-15)23-10-9-22-16/h7-8,11-14,19H,3-6,9-10H2,1-2H3,(H,20,21)/t12?,13-,14?/m0/s1. The smallest absolute Gasteiger partial charge is 0.242 e. The zero-order chi connectivity index (χ0) is 16.2. The Balaban J connectivity index is 1.54. The van der Waals surface area contributed by atoms with Crippen LogP contribution in [0.5, 0.6) is 11.5 Å². The Morgan fingerprint density at radius 3 is 2.57 bits per heavy atom. The fraction of sp³-hybridized carbons (Fsp3) is 0.611. The molecule has 1 aliphatic heterocycles. The average molecular weight is 318 g/mol. The van der Waals surface area contributed by atoms with Crippen LogP contribution in [0.15, 0.2) is 18.2 Å². The Morgan fingerprint density at radius 2 is 1.83 bits per heavy atom. The highest BCUT2D eigenvalue weighted by Gasteiger charge is 2.22. The van der Waals surface area contributed by atoms with Gasteiger partial charge in [0.05, 0.1) is 0 Å². The summed E-state index contributed by atoms with van der Waals surface area (Å²) in [5, 5.41) is 6.41. The molecule has 1 saturated carbocycles. The summed E-state index contributed by atoms with van der Waals surface area (Å²) < 4.78 is 11.1. The number of carbonyl (C=O) groups is 1. The third kappa shape index (κ3) is 4.09. The van der Waals surface area contributed by atoms with E-state index in [1.807, 2.05) is 25.1 Å². The molecule has 0 spiro atoms. The molecule has 1 atom stereocenters. The largest absolute Gasteiger partial charge is 0.486 e. The van der Waals surface area contributed by atoms with Crippen LogP contribution in [0.4, 0.5) is 5.69 Å². The van der Waals surface area contributed by atoms with Crippen molar-refractivity contribution in [2.45, 2.75) is 51.6 Å². The van der Waals surface area contributed by atoms with Gasteiger partial charge in [0.2, 0.25) is 5.91 Å². The molecule has 2 N–H and O–H groups in total. The lowest BCUT2D eigenvalue weighted by molar-refractivity contribution is -0.122. The maximum absolute atomic E-state index is 12.4. The molecule has 3 rings (SSSR count). The van der Waals surface area contributed by atoms with Gasteiger partial charge < -0.3 is 20.1 Å². The van der Waals surface area contributed by atoms with Crippen molar-refractivity contribution in [3.8, 4) is 11.5 Å². The zero-order valence-corrected chi connectivity index (χ0v) is 13.9. The molecule has 126 valence electrons. The fourth-order valence-corrected chi connectivity index (χ4v) is 3.18. The minimum atomic E-state index is -0.281. The van der Waals surface area contributed by atoms with Gasteiger partial charge in [-0.25, -0.2) is 0 Å². The summed E-state index contributed by atoms with van der Waals surface area (Å²) in [5.74, 6) is 2.33. The second kappa shape index (κ2) is 7.11. The molecule has 0 saturated heterocycles. The molecule has 1 fully saturated rings. The molecule has 1 aromatic carbocycles. The van der Waals surface area contributed by atoms with E-state index in [-0.39, 0.29) is 11.9 Å². The van der Waals surface area contributed by atoms with Crippen LogP contribution in [0.25, 0.3) is 0 Å². The summed E-state index contributed by atoms with van der Waals surface area (Å²) in [6.45, 7) is 5.31. The van der Waals surface area contributed by atoms with Crippen molar-refractivity contribution >= 4 is 11.6 Å². The molecule has 0 unspecified atom stereocenters. The Labute approximate surface area is 137 Å². The SMILES string of the molecule is CC1CCC(NC(=O)[C@H](C)Nc2ccc3c(c2)OCCO3)CC1. The van der Waals surface area contributed by atoms with Crippen molar-refractivity contribution in [2.24, 2.45) is 5.92 Å². The molecule has 0 radical (unpaired) electrons. The van der Waals surface area contributed by atoms with E-state index in [9.17, 15) is 4.79 Å². The number of fused-ring (bicyclic) bond motifs is 1. The van der Waals surface area contributed by atoms with E-state index in [2.05, 4.69) is 17.6 Å². The molecule has 1 heterocycles. The van der Waals surface area contributed by atoms with E-state index in [0.29, 0.717) is 19.3 Å². The second-order valence-electron chi connectivity index (χ2n) is 6.69. The first-order valence-electron chi connectivity index (χ1n) is 8.58. The van der Waals surface area contributed by atoms with E-state index in [0.717, 1.165) is 35.9 Å². The summed E-state index contributed by atoms with van der Waals surface area (Å²) in [5.41, 5.74) is 0.870. The number of hydrogen-bond acceptors (Lipinski definition) is 4. The van der Waals surface area contributed by atoms with Crippen LogP contribution < -0.4 is 20.1 Å². The summed E-state index contributed by atoms with van der Waals surface area (Å²) in [6.07, 6.45) is 4.58. The average Bonchev–Trinajstić information content (AvgIpc) is 2.56. The number of ether oxygens (including phenoxy) is 2. The van der Waals surface area contributed by atoms with Crippen molar-refractivity contribution in [3.05, 3.63) is 18.2 Å². The Morgan fingerprint density at radius 1 is 1.13 bits per heavy atom. The monoisotopic (exact) mass is 318 g/mol.